The molecule has 0 aliphatic heterocycles. The topological polar surface area (TPSA) is 101 Å². The summed E-state index contributed by atoms with van der Waals surface area (Å²) in [6, 6.07) is 0. The molecule has 6 nitrogen and oxygen atoms in total. The maximum absolute atomic E-state index is 10.1. The van der Waals surface area contributed by atoms with Gasteiger partial charge in [0.1, 0.15) is 0 Å². The summed E-state index contributed by atoms with van der Waals surface area (Å²) in [5.41, 5.74) is 0. The Balaban J connectivity index is 0. The largest absolute Gasteiger partial charge is 0.478 e. The third kappa shape index (κ3) is 25.3. The monoisotopic (exact) mass is 375 g/mol. The lowest BCUT2D eigenvalue weighted by atomic mass is 10.1. The molecular formula is C20H41NO5. The van der Waals surface area contributed by atoms with Gasteiger partial charge in [0, 0.05) is 25.7 Å². The highest BCUT2D eigenvalue weighted by atomic mass is 16.4. The maximum atomic E-state index is 10.1. The molecule has 4 N–H and O–H groups in total. The number of nitrogens with zero attached hydrogens (tertiary/aromatic N) is 1. The number of carboxylic acids is 1. The number of aliphatic carboxylic acids is 1. The molecule has 3 unspecified atom stereocenters. The molecule has 3 atom stereocenters. The van der Waals surface area contributed by atoms with Gasteiger partial charge in [-0.05, 0) is 33.6 Å². The Morgan fingerprint density at radius 1 is 0.846 bits per heavy atom. The number of unbranched alkanes of at least 4 members (excludes halogenated alkanes) is 6. The van der Waals surface area contributed by atoms with Crippen molar-refractivity contribution in [2.24, 2.45) is 0 Å². The van der Waals surface area contributed by atoms with Crippen LogP contribution in [0.5, 0.6) is 0 Å². The Labute approximate surface area is 159 Å². The predicted octanol–water partition coefficient (Wildman–Crippen LogP) is 2.81. The van der Waals surface area contributed by atoms with Gasteiger partial charge in [-0.15, -0.1) is 0 Å². The van der Waals surface area contributed by atoms with Crippen molar-refractivity contribution in [2.75, 3.05) is 19.6 Å². The molecule has 0 aromatic rings. The van der Waals surface area contributed by atoms with Crippen molar-refractivity contribution < 1.29 is 25.2 Å². The predicted molar refractivity (Wildman–Crippen MR) is 106 cm³/mol. The van der Waals surface area contributed by atoms with Crippen LogP contribution in [0.3, 0.4) is 0 Å². The molecule has 6 heteroatoms. The van der Waals surface area contributed by atoms with E-state index in [0.29, 0.717) is 19.6 Å². The fraction of sp³-hybridized carbons (Fsp3) is 0.850. The van der Waals surface area contributed by atoms with E-state index in [1.807, 2.05) is 4.90 Å². The van der Waals surface area contributed by atoms with Gasteiger partial charge in [0.05, 0.1) is 18.3 Å². The molecule has 0 spiro atoms. The Bertz CT molecular complexity index is 319. The van der Waals surface area contributed by atoms with Gasteiger partial charge in [0.15, 0.2) is 0 Å². The summed E-state index contributed by atoms with van der Waals surface area (Å²) in [4.78, 5) is 11.9. The highest BCUT2D eigenvalue weighted by Gasteiger charge is 2.12. The van der Waals surface area contributed by atoms with Gasteiger partial charge in [0.25, 0.3) is 0 Å². The first kappa shape index (κ1) is 27.3. The molecule has 0 amide bonds. The first-order valence-corrected chi connectivity index (χ1v) is 9.85. The number of aliphatic hydroxyl groups is 3. The number of carboxylic acid groups (broad SMARTS) is 1. The van der Waals surface area contributed by atoms with E-state index in [4.69, 9.17) is 20.4 Å². The number of hydrogen-bond donors (Lipinski definition) is 4. The molecule has 0 heterocycles. The van der Waals surface area contributed by atoms with Crippen LogP contribution in [0, 0.1) is 0 Å². The average Bonchev–Trinajstić information content (AvgIpc) is 2.48. The van der Waals surface area contributed by atoms with Crippen LogP contribution in [0.2, 0.25) is 0 Å². The van der Waals surface area contributed by atoms with Crippen LogP contribution in [-0.4, -0.2) is 69.2 Å². The molecule has 0 aliphatic rings. The summed E-state index contributed by atoms with van der Waals surface area (Å²) in [5, 5.41) is 35.7. The zero-order valence-electron chi connectivity index (χ0n) is 17.1. The van der Waals surface area contributed by atoms with E-state index in [1.54, 1.807) is 26.8 Å². The van der Waals surface area contributed by atoms with Crippen molar-refractivity contribution in [2.45, 2.75) is 91.0 Å². The first-order valence-electron chi connectivity index (χ1n) is 9.85. The van der Waals surface area contributed by atoms with Gasteiger partial charge in [-0.25, -0.2) is 4.79 Å². The normalized spacial score (nSPS) is 14.8. The second-order valence-corrected chi connectivity index (χ2v) is 7.06. The zero-order chi connectivity index (χ0) is 20.4. The molecular weight excluding hydrogens is 334 g/mol. The summed E-state index contributed by atoms with van der Waals surface area (Å²) in [6.45, 7) is 8.72. The minimum absolute atomic E-state index is 0.433. The molecule has 0 aromatic carbocycles. The van der Waals surface area contributed by atoms with Crippen LogP contribution >= 0.6 is 0 Å². The number of allylic oxidation sites excluding steroid dienone is 1. The van der Waals surface area contributed by atoms with Crippen molar-refractivity contribution >= 4 is 5.97 Å². The van der Waals surface area contributed by atoms with Gasteiger partial charge in [-0.2, -0.15) is 0 Å². The smallest absolute Gasteiger partial charge is 0.327 e. The summed E-state index contributed by atoms with van der Waals surface area (Å²) < 4.78 is 0. The second kappa shape index (κ2) is 18.8. The van der Waals surface area contributed by atoms with E-state index >= 15 is 0 Å². The summed E-state index contributed by atoms with van der Waals surface area (Å²) in [5.74, 6) is -0.842. The van der Waals surface area contributed by atoms with E-state index in [2.05, 4.69) is 6.92 Å². The van der Waals surface area contributed by atoms with Crippen LogP contribution in [-0.2, 0) is 4.79 Å². The molecule has 0 fully saturated rings. The van der Waals surface area contributed by atoms with Gasteiger partial charge in [-0.3, -0.25) is 4.90 Å². The van der Waals surface area contributed by atoms with E-state index in [1.165, 1.54) is 38.2 Å². The van der Waals surface area contributed by atoms with E-state index in [9.17, 15) is 4.79 Å². The van der Waals surface area contributed by atoms with Crippen molar-refractivity contribution in [3.63, 3.8) is 0 Å². The lowest BCUT2D eigenvalue weighted by Crippen LogP contribution is -2.40. The number of hydrogen-bond acceptors (Lipinski definition) is 5. The molecule has 0 rings (SSSR count). The van der Waals surface area contributed by atoms with Crippen molar-refractivity contribution in [3.8, 4) is 0 Å². The summed E-state index contributed by atoms with van der Waals surface area (Å²) in [6.07, 6.45) is 10.1. The first-order chi connectivity index (χ1) is 12.2. The van der Waals surface area contributed by atoms with Gasteiger partial charge < -0.3 is 20.4 Å². The molecule has 0 bridgehead atoms. The average molecular weight is 376 g/mol. The fourth-order valence-electron chi connectivity index (χ4n) is 2.57. The van der Waals surface area contributed by atoms with Crippen LogP contribution < -0.4 is 0 Å². The highest BCUT2D eigenvalue weighted by Crippen LogP contribution is 2.06. The summed E-state index contributed by atoms with van der Waals surface area (Å²) >= 11 is 0. The SMILES string of the molecule is CC(O)CN(CC(C)O)CC(C)O.CCCCCCCCC=CC(=O)O. The minimum atomic E-state index is -0.842. The fourth-order valence-corrected chi connectivity index (χ4v) is 2.57. The number of rotatable bonds is 14. The minimum Gasteiger partial charge on any atom is -0.478 e. The number of carbonyl (C=O) groups is 1. The van der Waals surface area contributed by atoms with Crippen LogP contribution in [0.4, 0.5) is 0 Å². The standard InChI is InChI=1S/C11H20O2.C9H21NO3/c1-2-3-4-5-6-7-8-9-10-11(12)13;1-7(11)4-10(5-8(2)12)6-9(3)13/h9-10H,2-8H2,1H3,(H,12,13);7-9,11-13H,4-6H2,1-3H3. The van der Waals surface area contributed by atoms with Crippen LogP contribution in [0.15, 0.2) is 12.2 Å². The number of aliphatic hydroxyl groups excluding tert-OH is 3. The molecule has 0 aromatic heterocycles. The van der Waals surface area contributed by atoms with Crippen LogP contribution in [0.25, 0.3) is 0 Å². The Morgan fingerprint density at radius 2 is 1.27 bits per heavy atom. The molecule has 0 saturated heterocycles. The van der Waals surface area contributed by atoms with Crippen molar-refractivity contribution in [1.29, 1.82) is 0 Å². The van der Waals surface area contributed by atoms with Gasteiger partial charge >= 0.3 is 5.97 Å². The highest BCUT2D eigenvalue weighted by molar-refractivity contribution is 5.79. The molecule has 26 heavy (non-hydrogen) atoms. The third-order valence-corrected chi connectivity index (χ3v) is 3.55. The van der Waals surface area contributed by atoms with Crippen molar-refractivity contribution in [3.05, 3.63) is 12.2 Å². The Kier molecular flexibility index (Phi) is 19.7. The van der Waals surface area contributed by atoms with Gasteiger partial charge in [-0.1, -0.05) is 45.1 Å². The molecule has 156 valence electrons. The molecule has 0 saturated carbocycles. The zero-order valence-corrected chi connectivity index (χ0v) is 17.1. The van der Waals surface area contributed by atoms with Crippen LogP contribution in [0.1, 0.15) is 72.6 Å². The quantitative estimate of drug-likeness (QED) is 0.275. The van der Waals surface area contributed by atoms with E-state index in [0.717, 1.165) is 12.8 Å². The lowest BCUT2D eigenvalue weighted by molar-refractivity contribution is -0.131. The Hall–Kier alpha value is -0.950. The third-order valence-electron chi connectivity index (χ3n) is 3.55. The van der Waals surface area contributed by atoms with Gasteiger partial charge in [0.2, 0.25) is 0 Å². The summed E-state index contributed by atoms with van der Waals surface area (Å²) in [7, 11) is 0. The molecule has 0 aliphatic carbocycles. The van der Waals surface area contributed by atoms with E-state index < -0.39 is 24.3 Å². The van der Waals surface area contributed by atoms with Crippen molar-refractivity contribution in [1.82, 2.24) is 4.90 Å². The molecule has 0 radical (unpaired) electrons. The lowest BCUT2D eigenvalue weighted by Gasteiger charge is -2.25. The second-order valence-electron chi connectivity index (χ2n) is 7.06. The van der Waals surface area contributed by atoms with E-state index in [-0.39, 0.29) is 0 Å². The Morgan fingerprint density at radius 3 is 1.65 bits per heavy atom. The maximum Gasteiger partial charge on any atom is 0.327 e.